The van der Waals surface area contributed by atoms with Crippen LogP contribution in [0.15, 0.2) is 12.4 Å². The van der Waals surface area contributed by atoms with E-state index in [1.54, 1.807) is 6.33 Å². The van der Waals surface area contributed by atoms with Crippen LogP contribution in [-0.4, -0.2) is 28.5 Å². The Hall–Kier alpha value is -0.770. The Kier molecular flexibility index (Phi) is 6.23. The van der Waals surface area contributed by atoms with Crippen LogP contribution >= 0.6 is 11.8 Å². The molecule has 1 aromatic heterocycles. The van der Waals surface area contributed by atoms with E-state index < -0.39 is 0 Å². The fourth-order valence-corrected chi connectivity index (χ4v) is 1.87. The van der Waals surface area contributed by atoms with E-state index in [4.69, 9.17) is 0 Å². The Balaban J connectivity index is 2.33. The number of hydrogen-bond donors (Lipinski definition) is 1. The van der Waals surface area contributed by atoms with Crippen LogP contribution in [0, 0.1) is 0 Å². The summed E-state index contributed by atoms with van der Waals surface area (Å²) in [6.07, 6.45) is 6.24. The molecule has 0 amide bonds. The second-order valence-electron chi connectivity index (χ2n) is 4.11. The molecule has 1 heterocycles. The lowest BCUT2D eigenvalue weighted by atomic mass is 10.1. The number of unbranched alkanes of at least 4 members (excludes halogenated alkanes) is 1. The van der Waals surface area contributed by atoms with E-state index in [-0.39, 0.29) is 0 Å². The Morgan fingerprint density at radius 3 is 2.81 bits per heavy atom. The maximum absolute atomic E-state index is 4.24. The van der Waals surface area contributed by atoms with Crippen LogP contribution in [-0.2, 0) is 0 Å². The summed E-state index contributed by atoms with van der Waals surface area (Å²) in [6, 6.07) is 2.04. The van der Waals surface area contributed by atoms with Crippen molar-refractivity contribution in [1.82, 2.24) is 9.97 Å². The second kappa shape index (κ2) is 7.49. The molecule has 0 aromatic carbocycles. The highest BCUT2D eigenvalue weighted by Crippen LogP contribution is 2.13. The summed E-state index contributed by atoms with van der Waals surface area (Å²) >= 11 is 1.90. The molecule has 16 heavy (non-hydrogen) atoms. The van der Waals surface area contributed by atoms with E-state index in [1.807, 2.05) is 17.8 Å². The Bertz CT molecular complexity index is 302. The molecule has 0 radical (unpaired) electrons. The van der Waals surface area contributed by atoms with Gasteiger partial charge in [-0.25, -0.2) is 9.97 Å². The van der Waals surface area contributed by atoms with E-state index >= 15 is 0 Å². The van der Waals surface area contributed by atoms with E-state index in [2.05, 4.69) is 35.4 Å². The lowest BCUT2D eigenvalue weighted by Crippen LogP contribution is -2.05. The fourth-order valence-electron chi connectivity index (χ4n) is 1.37. The summed E-state index contributed by atoms with van der Waals surface area (Å²) in [5, 5.41) is 3.34. The van der Waals surface area contributed by atoms with Gasteiger partial charge in [0.05, 0.1) is 0 Å². The average Bonchev–Trinajstić information content (AvgIpc) is 2.29. The number of nitrogens with one attached hydrogen (secondary N) is 1. The molecule has 0 aliphatic rings. The molecule has 3 nitrogen and oxygen atoms in total. The normalized spacial score (nSPS) is 10.8. The van der Waals surface area contributed by atoms with Crippen LogP contribution in [0.25, 0.3) is 0 Å². The minimum atomic E-state index is 0.458. The highest BCUT2D eigenvalue weighted by molar-refractivity contribution is 7.98. The van der Waals surface area contributed by atoms with Crippen LogP contribution in [0.3, 0.4) is 0 Å². The standard InChI is InChI=1S/C12H21N3S/c1-10(2)11-8-12(15-9-14-11)13-6-4-5-7-16-3/h8-10H,4-7H2,1-3H3,(H,13,14,15). The predicted molar refractivity (Wildman–Crippen MR) is 72.2 cm³/mol. The van der Waals surface area contributed by atoms with Crippen molar-refractivity contribution in [3.05, 3.63) is 18.1 Å². The quantitative estimate of drug-likeness (QED) is 0.742. The predicted octanol–water partition coefficient (Wildman–Crippen LogP) is 3.16. The Morgan fingerprint density at radius 2 is 2.12 bits per heavy atom. The molecular formula is C12H21N3S. The van der Waals surface area contributed by atoms with Crippen LogP contribution < -0.4 is 5.32 Å². The zero-order valence-corrected chi connectivity index (χ0v) is 11.2. The molecule has 1 N–H and O–H groups in total. The molecule has 0 unspecified atom stereocenters. The number of hydrogen-bond acceptors (Lipinski definition) is 4. The topological polar surface area (TPSA) is 37.8 Å². The minimum Gasteiger partial charge on any atom is -0.370 e. The molecule has 1 rings (SSSR count). The summed E-state index contributed by atoms with van der Waals surface area (Å²) in [4.78, 5) is 8.45. The average molecular weight is 239 g/mol. The second-order valence-corrected chi connectivity index (χ2v) is 5.10. The first kappa shape index (κ1) is 13.3. The smallest absolute Gasteiger partial charge is 0.129 e. The lowest BCUT2D eigenvalue weighted by Gasteiger charge is -2.08. The van der Waals surface area contributed by atoms with E-state index in [1.165, 1.54) is 18.6 Å². The lowest BCUT2D eigenvalue weighted by molar-refractivity contribution is 0.807. The van der Waals surface area contributed by atoms with Gasteiger partial charge in [-0.1, -0.05) is 13.8 Å². The van der Waals surface area contributed by atoms with Gasteiger partial charge >= 0.3 is 0 Å². The van der Waals surface area contributed by atoms with Crippen molar-refractivity contribution in [1.29, 1.82) is 0 Å². The first-order chi connectivity index (χ1) is 7.74. The molecular weight excluding hydrogens is 218 g/mol. The van der Waals surface area contributed by atoms with Crippen LogP contribution in [0.2, 0.25) is 0 Å². The van der Waals surface area contributed by atoms with Gasteiger partial charge in [0.2, 0.25) is 0 Å². The Morgan fingerprint density at radius 1 is 1.31 bits per heavy atom. The molecule has 1 aromatic rings. The van der Waals surface area contributed by atoms with E-state index in [9.17, 15) is 0 Å². The van der Waals surface area contributed by atoms with Gasteiger partial charge in [0, 0.05) is 18.3 Å². The minimum absolute atomic E-state index is 0.458. The molecule has 0 fully saturated rings. The van der Waals surface area contributed by atoms with Gasteiger partial charge in [0.15, 0.2) is 0 Å². The molecule has 0 atom stereocenters. The van der Waals surface area contributed by atoms with Crippen molar-refractivity contribution >= 4 is 17.6 Å². The van der Waals surface area contributed by atoms with Crippen molar-refractivity contribution in [3.63, 3.8) is 0 Å². The zero-order valence-electron chi connectivity index (χ0n) is 10.4. The highest BCUT2D eigenvalue weighted by Gasteiger charge is 2.02. The monoisotopic (exact) mass is 239 g/mol. The third-order valence-electron chi connectivity index (χ3n) is 2.36. The molecule has 4 heteroatoms. The van der Waals surface area contributed by atoms with E-state index in [0.29, 0.717) is 5.92 Å². The third kappa shape index (κ3) is 4.84. The molecule has 0 aliphatic carbocycles. The van der Waals surface area contributed by atoms with Crippen molar-refractivity contribution in [2.45, 2.75) is 32.6 Å². The van der Waals surface area contributed by atoms with Gasteiger partial charge < -0.3 is 5.32 Å². The molecule has 0 spiro atoms. The maximum Gasteiger partial charge on any atom is 0.129 e. The molecule has 0 saturated heterocycles. The SMILES string of the molecule is CSCCCCNc1cc(C(C)C)ncn1. The summed E-state index contributed by atoms with van der Waals surface area (Å²) in [5.74, 6) is 2.64. The summed E-state index contributed by atoms with van der Waals surface area (Å²) in [6.45, 7) is 5.28. The zero-order chi connectivity index (χ0) is 11.8. The van der Waals surface area contributed by atoms with Crippen molar-refractivity contribution in [2.75, 3.05) is 23.9 Å². The van der Waals surface area contributed by atoms with Gasteiger partial charge in [-0.05, 0) is 30.8 Å². The third-order valence-corrected chi connectivity index (χ3v) is 3.06. The van der Waals surface area contributed by atoms with E-state index in [0.717, 1.165) is 18.1 Å². The van der Waals surface area contributed by atoms with Crippen molar-refractivity contribution in [3.8, 4) is 0 Å². The first-order valence-electron chi connectivity index (χ1n) is 5.78. The highest BCUT2D eigenvalue weighted by atomic mass is 32.2. The fraction of sp³-hybridized carbons (Fsp3) is 0.667. The largest absolute Gasteiger partial charge is 0.370 e. The number of anilines is 1. The van der Waals surface area contributed by atoms with Gasteiger partial charge in [0.1, 0.15) is 12.1 Å². The van der Waals surface area contributed by atoms with Gasteiger partial charge in [-0.15, -0.1) is 0 Å². The molecule has 0 bridgehead atoms. The summed E-state index contributed by atoms with van der Waals surface area (Å²) in [7, 11) is 0. The molecule has 0 aliphatic heterocycles. The first-order valence-corrected chi connectivity index (χ1v) is 7.18. The number of thioether (sulfide) groups is 1. The summed E-state index contributed by atoms with van der Waals surface area (Å²) in [5.41, 5.74) is 1.10. The summed E-state index contributed by atoms with van der Waals surface area (Å²) < 4.78 is 0. The number of aromatic nitrogens is 2. The van der Waals surface area contributed by atoms with Gasteiger partial charge in [-0.2, -0.15) is 11.8 Å². The number of nitrogens with zero attached hydrogens (tertiary/aromatic N) is 2. The number of rotatable bonds is 7. The van der Waals surface area contributed by atoms with Gasteiger partial charge in [-0.3, -0.25) is 0 Å². The van der Waals surface area contributed by atoms with Gasteiger partial charge in [0.25, 0.3) is 0 Å². The molecule has 90 valence electrons. The maximum atomic E-state index is 4.24. The molecule has 0 saturated carbocycles. The van der Waals surface area contributed by atoms with Crippen LogP contribution in [0.1, 0.15) is 38.3 Å². The Labute approximate surface area is 102 Å². The van der Waals surface area contributed by atoms with Crippen molar-refractivity contribution < 1.29 is 0 Å². The van der Waals surface area contributed by atoms with Crippen molar-refractivity contribution in [2.24, 2.45) is 0 Å². The van der Waals surface area contributed by atoms with Crippen LogP contribution in [0.5, 0.6) is 0 Å². The van der Waals surface area contributed by atoms with Crippen LogP contribution in [0.4, 0.5) is 5.82 Å².